The summed E-state index contributed by atoms with van der Waals surface area (Å²) in [6, 6.07) is 5.48. The van der Waals surface area contributed by atoms with Crippen molar-refractivity contribution in [2.45, 2.75) is 13.0 Å². The predicted molar refractivity (Wildman–Crippen MR) is 106 cm³/mol. The van der Waals surface area contributed by atoms with Gasteiger partial charge in [0.2, 0.25) is 5.95 Å². The summed E-state index contributed by atoms with van der Waals surface area (Å²) in [5.41, 5.74) is 0.950. The van der Waals surface area contributed by atoms with Crippen LogP contribution in [0.1, 0.15) is 18.7 Å². The van der Waals surface area contributed by atoms with Crippen LogP contribution in [0.25, 0.3) is 5.69 Å². The highest BCUT2D eigenvalue weighted by molar-refractivity contribution is 6.30. The van der Waals surface area contributed by atoms with Crippen molar-refractivity contribution in [2.75, 3.05) is 16.8 Å². The first-order valence-corrected chi connectivity index (χ1v) is 9.19. The van der Waals surface area contributed by atoms with Crippen LogP contribution >= 0.6 is 11.6 Å². The van der Waals surface area contributed by atoms with Crippen LogP contribution < -0.4 is 10.2 Å². The number of anilines is 2. The molecule has 4 rings (SSSR count). The van der Waals surface area contributed by atoms with Crippen LogP contribution in [-0.2, 0) is 4.74 Å². The van der Waals surface area contributed by atoms with Gasteiger partial charge in [-0.05, 0) is 25.1 Å². The molecule has 1 amide bonds. The van der Waals surface area contributed by atoms with E-state index in [1.54, 1.807) is 18.3 Å². The Hall–Kier alpha value is -3.53. The first kappa shape index (κ1) is 19.8. The number of carbonyl (C=O) groups is 1. The Labute approximate surface area is 174 Å². The van der Waals surface area contributed by atoms with E-state index < -0.39 is 11.9 Å². The fraction of sp³-hybridized carbons (Fsp3) is 0.158. The topological polar surface area (TPSA) is 85.2 Å². The number of halogens is 3. The Balaban J connectivity index is 1.53. The van der Waals surface area contributed by atoms with Crippen LogP contribution in [0, 0.1) is 5.82 Å². The molecule has 1 aromatic carbocycles. The molecule has 0 saturated carbocycles. The van der Waals surface area contributed by atoms with Crippen molar-refractivity contribution in [1.29, 1.82) is 0 Å². The summed E-state index contributed by atoms with van der Waals surface area (Å²) in [5.74, 6) is -0.109. The first-order valence-electron chi connectivity index (χ1n) is 8.81. The minimum atomic E-state index is -0.722. The van der Waals surface area contributed by atoms with Gasteiger partial charge in [-0.15, -0.1) is 0 Å². The van der Waals surface area contributed by atoms with Crippen LogP contribution in [0.3, 0.4) is 0 Å². The zero-order valence-corrected chi connectivity index (χ0v) is 16.3. The lowest BCUT2D eigenvalue weighted by Crippen LogP contribution is -2.23. The summed E-state index contributed by atoms with van der Waals surface area (Å²) in [5, 5.41) is 3.36. The molecule has 1 aliphatic heterocycles. The van der Waals surface area contributed by atoms with E-state index in [4.69, 9.17) is 16.3 Å². The molecule has 11 heteroatoms. The number of rotatable bonds is 5. The number of carbonyl (C=O) groups excluding carboxylic acids is 1. The minimum absolute atomic E-state index is 0.0430. The van der Waals surface area contributed by atoms with Gasteiger partial charge in [-0.25, -0.2) is 28.4 Å². The number of benzene rings is 1. The smallest absolute Gasteiger partial charge is 0.420 e. The second-order valence-electron chi connectivity index (χ2n) is 6.40. The van der Waals surface area contributed by atoms with Crippen LogP contribution in [0.4, 0.5) is 25.3 Å². The predicted octanol–water partition coefficient (Wildman–Crippen LogP) is 4.40. The van der Waals surface area contributed by atoms with Gasteiger partial charge in [-0.2, -0.15) is 4.98 Å². The van der Waals surface area contributed by atoms with E-state index in [1.807, 2.05) is 6.92 Å². The molecule has 0 bridgehead atoms. The lowest BCUT2D eigenvalue weighted by atomic mass is 10.2. The van der Waals surface area contributed by atoms with Crippen molar-refractivity contribution in [1.82, 2.24) is 19.5 Å². The summed E-state index contributed by atoms with van der Waals surface area (Å²) < 4.78 is 33.5. The summed E-state index contributed by atoms with van der Waals surface area (Å²) in [6.45, 7) is 1.65. The van der Waals surface area contributed by atoms with Gasteiger partial charge >= 0.3 is 6.09 Å². The number of amides is 1. The molecule has 2 aromatic heterocycles. The van der Waals surface area contributed by atoms with Crippen molar-refractivity contribution < 1.29 is 18.3 Å². The molecule has 154 valence electrons. The zero-order chi connectivity index (χ0) is 21.3. The number of imidazole rings is 1. The maximum absolute atomic E-state index is 14.1. The standard InChI is InChI=1S/C19H15ClF2N6O2/c1-11(15-8-27(10-24-15)16-3-2-12(20)6-14(16)22)25-18-23-5-4-17(26-18)28-13(7-21)9-30-19(28)29/h2-8,10-11H,9H2,1H3,(H,23,25,26)/b13-7-/t11-/m0/s1. The summed E-state index contributed by atoms with van der Waals surface area (Å²) in [4.78, 5) is 25.5. The molecule has 0 spiro atoms. The van der Waals surface area contributed by atoms with E-state index in [1.165, 1.54) is 29.2 Å². The number of nitrogens with zero attached hydrogens (tertiary/aromatic N) is 5. The molecule has 0 radical (unpaired) electrons. The van der Waals surface area contributed by atoms with Gasteiger partial charge in [0.25, 0.3) is 0 Å². The average Bonchev–Trinajstić information content (AvgIpc) is 3.35. The van der Waals surface area contributed by atoms with Gasteiger partial charge in [0, 0.05) is 23.5 Å². The molecule has 1 N–H and O–H groups in total. The quantitative estimate of drug-likeness (QED) is 0.643. The maximum Gasteiger partial charge on any atom is 0.420 e. The van der Waals surface area contributed by atoms with Gasteiger partial charge < -0.3 is 14.6 Å². The van der Waals surface area contributed by atoms with Gasteiger partial charge in [0.1, 0.15) is 24.6 Å². The van der Waals surface area contributed by atoms with E-state index in [0.717, 1.165) is 4.90 Å². The molecule has 3 aromatic rings. The van der Waals surface area contributed by atoms with Crippen molar-refractivity contribution in [3.8, 4) is 5.69 Å². The summed E-state index contributed by atoms with van der Waals surface area (Å²) in [7, 11) is 0. The Kier molecular flexibility index (Phi) is 5.32. The monoisotopic (exact) mass is 432 g/mol. The van der Waals surface area contributed by atoms with E-state index in [9.17, 15) is 13.6 Å². The Morgan fingerprint density at radius 3 is 2.93 bits per heavy atom. The third-order valence-electron chi connectivity index (χ3n) is 4.39. The van der Waals surface area contributed by atoms with E-state index >= 15 is 0 Å². The fourth-order valence-electron chi connectivity index (χ4n) is 2.90. The SMILES string of the molecule is C[C@H](Nc1nccc(N2C(=O)OC/C2=C/F)n1)c1cn(-c2ccc(Cl)cc2F)cn1. The summed E-state index contributed by atoms with van der Waals surface area (Å²) >= 11 is 5.79. The highest BCUT2D eigenvalue weighted by Gasteiger charge is 2.31. The lowest BCUT2D eigenvalue weighted by molar-refractivity contribution is 0.182. The average molecular weight is 433 g/mol. The van der Waals surface area contributed by atoms with Gasteiger partial charge in [-0.1, -0.05) is 11.6 Å². The molecular weight excluding hydrogens is 418 g/mol. The number of ether oxygens (including phenoxy) is 1. The van der Waals surface area contributed by atoms with Crippen molar-refractivity contribution in [3.05, 3.63) is 71.5 Å². The highest BCUT2D eigenvalue weighted by Crippen LogP contribution is 2.25. The van der Waals surface area contributed by atoms with Crippen molar-refractivity contribution in [2.24, 2.45) is 0 Å². The van der Waals surface area contributed by atoms with E-state index in [-0.39, 0.29) is 30.1 Å². The highest BCUT2D eigenvalue weighted by atomic mass is 35.5. The number of aromatic nitrogens is 4. The Bertz CT molecular complexity index is 1140. The molecule has 1 atom stereocenters. The van der Waals surface area contributed by atoms with Crippen molar-refractivity contribution in [3.63, 3.8) is 0 Å². The maximum atomic E-state index is 14.1. The second kappa shape index (κ2) is 8.07. The van der Waals surface area contributed by atoms with Crippen molar-refractivity contribution >= 4 is 29.5 Å². The number of hydrogen-bond acceptors (Lipinski definition) is 6. The third-order valence-corrected chi connectivity index (χ3v) is 4.62. The van der Waals surface area contributed by atoms with Gasteiger partial charge in [-0.3, -0.25) is 0 Å². The molecule has 30 heavy (non-hydrogen) atoms. The fourth-order valence-corrected chi connectivity index (χ4v) is 3.06. The summed E-state index contributed by atoms with van der Waals surface area (Å²) in [6.07, 6.45) is 4.15. The van der Waals surface area contributed by atoms with E-state index in [0.29, 0.717) is 22.7 Å². The van der Waals surface area contributed by atoms with E-state index in [2.05, 4.69) is 20.3 Å². The molecule has 3 heterocycles. The molecular formula is C19H15ClF2N6O2. The van der Waals surface area contributed by atoms with Crippen LogP contribution in [0.2, 0.25) is 5.02 Å². The number of hydrogen-bond donors (Lipinski definition) is 1. The molecule has 0 unspecified atom stereocenters. The molecule has 8 nitrogen and oxygen atoms in total. The Morgan fingerprint density at radius 2 is 2.17 bits per heavy atom. The van der Waals surface area contributed by atoms with Gasteiger partial charge in [0.05, 0.1) is 29.4 Å². The van der Waals surface area contributed by atoms with Gasteiger partial charge in [0.15, 0.2) is 0 Å². The number of cyclic esters (lactones) is 1. The third kappa shape index (κ3) is 3.81. The van der Waals surface area contributed by atoms with Crippen LogP contribution in [0.15, 0.2) is 55.0 Å². The Morgan fingerprint density at radius 1 is 1.33 bits per heavy atom. The molecule has 1 fully saturated rings. The first-order chi connectivity index (χ1) is 14.5. The van der Waals surface area contributed by atoms with Crippen LogP contribution in [-0.4, -0.2) is 32.2 Å². The largest absolute Gasteiger partial charge is 0.442 e. The zero-order valence-electron chi connectivity index (χ0n) is 15.6. The molecule has 1 aliphatic rings. The minimum Gasteiger partial charge on any atom is -0.442 e. The molecule has 1 saturated heterocycles. The number of nitrogens with one attached hydrogen (secondary N) is 1. The normalized spacial score (nSPS) is 16.1. The lowest BCUT2D eigenvalue weighted by Gasteiger charge is -2.15. The molecule has 0 aliphatic carbocycles. The second-order valence-corrected chi connectivity index (χ2v) is 6.83. The van der Waals surface area contributed by atoms with Crippen LogP contribution in [0.5, 0.6) is 0 Å².